The lowest BCUT2D eigenvalue weighted by molar-refractivity contribution is -0.397. The van der Waals surface area contributed by atoms with E-state index in [1.54, 1.807) is 10.7 Å². The molecule has 1 heterocycles. The van der Waals surface area contributed by atoms with Crippen molar-refractivity contribution >= 4 is 36.0 Å². The Morgan fingerprint density at radius 2 is 2.16 bits per heavy atom. The van der Waals surface area contributed by atoms with Gasteiger partial charge < -0.3 is 5.32 Å². The second kappa shape index (κ2) is 8.42. The molecule has 1 aliphatic heterocycles. The SMILES string of the molecule is CC=[N+]1C(=O)C=CC2=C1C[C@H]1C=C(C)C[C@]2(N=CC=Cc2cccc(NC(C)=O)c2)C1. The Kier molecular flexibility index (Phi) is 5.68. The summed E-state index contributed by atoms with van der Waals surface area (Å²) >= 11 is 0. The van der Waals surface area contributed by atoms with E-state index in [9.17, 15) is 9.59 Å². The molecule has 1 N–H and O–H groups in total. The summed E-state index contributed by atoms with van der Waals surface area (Å²) in [6.45, 7) is 5.58. The first-order valence-electron chi connectivity index (χ1n) is 10.7. The molecule has 0 aromatic heterocycles. The van der Waals surface area contributed by atoms with E-state index in [-0.39, 0.29) is 17.4 Å². The number of nitrogens with zero attached hydrogens (tertiary/aromatic N) is 2. The first-order chi connectivity index (χ1) is 14.9. The molecule has 1 aromatic carbocycles. The van der Waals surface area contributed by atoms with E-state index in [4.69, 9.17) is 4.99 Å². The van der Waals surface area contributed by atoms with Crippen LogP contribution in [0.2, 0.25) is 0 Å². The molecule has 158 valence electrons. The van der Waals surface area contributed by atoms with Gasteiger partial charge in [-0.15, -0.1) is 4.58 Å². The third kappa shape index (κ3) is 4.26. The first kappa shape index (κ1) is 20.9. The number of anilines is 1. The molecule has 2 bridgehead atoms. The van der Waals surface area contributed by atoms with E-state index in [0.29, 0.717) is 5.92 Å². The molecule has 0 saturated heterocycles. The highest BCUT2D eigenvalue weighted by Gasteiger charge is 2.48. The number of benzene rings is 1. The van der Waals surface area contributed by atoms with E-state index in [0.717, 1.165) is 41.8 Å². The van der Waals surface area contributed by atoms with Crippen molar-refractivity contribution in [3.8, 4) is 0 Å². The zero-order valence-corrected chi connectivity index (χ0v) is 18.3. The molecular weight excluding hydrogens is 386 g/mol. The molecular formula is C26H28N3O2+. The monoisotopic (exact) mass is 414 g/mol. The molecule has 0 radical (unpaired) electrons. The molecule has 5 nitrogen and oxygen atoms in total. The fourth-order valence-electron chi connectivity index (χ4n) is 5.01. The second-order valence-electron chi connectivity index (χ2n) is 8.49. The highest BCUT2D eigenvalue weighted by Crippen LogP contribution is 2.49. The number of aliphatic imine (C=N–C) groups is 1. The summed E-state index contributed by atoms with van der Waals surface area (Å²) in [6, 6.07) is 7.70. The van der Waals surface area contributed by atoms with Gasteiger partial charge in [0.25, 0.3) is 0 Å². The minimum atomic E-state index is -0.335. The molecule has 3 aliphatic rings. The number of hydrogen-bond donors (Lipinski definition) is 1. The molecule has 31 heavy (non-hydrogen) atoms. The highest BCUT2D eigenvalue weighted by atomic mass is 16.2. The van der Waals surface area contributed by atoms with Crippen LogP contribution >= 0.6 is 0 Å². The lowest BCUT2D eigenvalue weighted by Crippen LogP contribution is -2.42. The van der Waals surface area contributed by atoms with Crippen molar-refractivity contribution in [3.63, 3.8) is 0 Å². The van der Waals surface area contributed by atoms with Crippen molar-refractivity contribution in [1.29, 1.82) is 0 Å². The zero-order chi connectivity index (χ0) is 22.0. The lowest BCUT2D eigenvalue weighted by atomic mass is 9.66. The van der Waals surface area contributed by atoms with Crippen molar-refractivity contribution < 1.29 is 14.2 Å². The molecule has 0 spiro atoms. The predicted octanol–water partition coefficient (Wildman–Crippen LogP) is 4.68. The average molecular weight is 415 g/mol. The van der Waals surface area contributed by atoms with Crippen molar-refractivity contribution in [1.82, 2.24) is 0 Å². The fourth-order valence-corrected chi connectivity index (χ4v) is 5.01. The van der Waals surface area contributed by atoms with Gasteiger partial charge >= 0.3 is 5.91 Å². The van der Waals surface area contributed by atoms with Gasteiger partial charge in [0, 0.05) is 37.7 Å². The number of hydrogen-bond acceptors (Lipinski definition) is 3. The molecule has 4 rings (SSSR count). The molecule has 5 heteroatoms. The predicted molar refractivity (Wildman–Crippen MR) is 125 cm³/mol. The van der Waals surface area contributed by atoms with Gasteiger partial charge in [0.15, 0.2) is 11.9 Å². The second-order valence-corrected chi connectivity index (χ2v) is 8.49. The summed E-state index contributed by atoms with van der Waals surface area (Å²) < 4.78 is 1.78. The maximum absolute atomic E-state index is 12.4. The topological polar surface area (TPSA) is 61.5 Å². The molecule has 0 saturated carbocycles. The van der Waals surface area contributed by atoms with Crippen LogP contribution in [0.4, 0.5) is 5.69 Å². The number of allylic oxidation sites excluding steroid dienone is 3. The van der Waals surface area contributed by atoms with Gasteiger partial charge in [-0.05, 0) is 55.5 Å². The Labute approximate surface area is 183 Å². The minimum absolute atomic E-state index is 0.0139. The summed E-state index contributed by atoms with van der Waals surface area (Å²) in [5.41, 5.74) is 5.02. The molecule has 2 aliphatic carbocycles. The maximum Gasteiger partial charge on any atom is 0.417 e. The molecule has 0 unspecified atom stereocenters. The van der Waals surface area contributed by atoms with Crippen LogP contribution in [-0.2, 0) is 9.59 Å². The number of fused-ring (bicyclic) bond motifs is 3. The number of carbonyl (C=O) groups is 2. The molecule has 0 fully saturated rings. The number of amides is 2. The number of nitrogens with one attached hydrogen (secondary N) is 1. The Morgan fingerprint density at radius 1 is 1.32 bits per heavy atom. The van der Waals surface area contributed by atoms with Crippen LogP contribution < -0.4 is 5.32 Å². The van der Waals surface area contributed by atoms with Gasteiger partial charge in [-0.1, -0.05) is 29.9 Å². The van der Waals surface area contributed by atoms with Gasteiger partial charge in [-0.25, -0.2) is 4.79 Å². The Balaban J connectivity index is 1.63. The van der Waals surface area contributed by atoms with E-state index in [1.165, 1.54) is 12.5 Å². The quantitative estimate of drug-likeness (QED) is 0.442. The van der Waals surface area contributed by atoms with Gasteiger partial charge in [0.2, 0.25) is 5.91 Å². The third-order valence-corrected chi connectivity index (χ3v) is 6.04. The highest BCUT2D eigenvalue weighted by molar-refractivity contribution is 5.89. The van der Waals surface area contributed by atoms with E-state index < -0.39 is 0 Å². The van der Waals surface area contributed by atoms with Crippen LogP contribution in [0.25, 0.3) is 6.08 Å². The van der Waals surface area contributed by atoms with Crippen LogP contribution in [0.1, 0.15) is 45.6 Å². The average Bonchev–Trinajstić information content (AvgIpc) is 2.70. The number of rotatable bonds is 4. The minimum Gasteiger partial charge on any atom is -0.326 e. The van der Waals surface area contributed by atoms with Crippen LogP contribution in [0.3, 0.4) is 0 Å². The Bertz CT molecular complexity index is 1120. The van der Waals surface area contributed by atoms with Crippen LogP contribution in [0, 0.1) is 5.92 Å². The van der Waals surface area contributed by atoms with E-state index >= 15 is 0 Å². The van der Waals surface area contributed by atoms with Crippen molar-refractivity contribution in [3.05, 3.63) is 71.0 Å². The van der Waals surface area contributed by atoms with Crippen molar-refractivity contribution in [2.24, 2.45) is 10.9 Å². The number of carbonyl (C=O) groups excluding carboxylic acids is 2. The van der Waals surface area contributed by atoms with Gasteiger partial charge in [0.1, 0.15) is 0 Å². The molecule has 2 atom stereocenters. The normalized spacial score (nSPS) is 26.5. The Morgan fingerprint density at radius 3 is 2.94 bits per heavy atom. The third-order valence-electron chi connectivity index (χ3n) is 6.04. The summed E-state index contributed by atoms with van der Waals surface area (Å²) in [7, 11) is 0. The first-order valence-corrected chi connectivity index (χ1v) is 10.7. The summed E-state index contributed by atoms with van der Waals surface area (Å²) in [5, 5.41) is 2.80. The van der Waals surface area contributed by atoms with E-state index in [1.807, 2.05) is 61.8 Å². The fraction of sp³-hybridized carbons (Fsp3) is 0.308. The maximum atomic E-state index is 12.4. The summed E-state index contributed by atoms with van der Waals surface area (Å²) in [6.07, 6.45) is 16.3. The van der Waals surface area contributed by atoms with Crippen molar-refractivity contribution in [2.75, 3.05) is 5.32 Å². The van der Waals surface area contributed by atoms with Gasteiger partial charge in [0.05, 0.1) is 11.6 Å². The Hall–Kier alpha value is -3.34. The lowest BCUT2D eigenvalue weighted by Gasteiger charge is -2.42. The smallest absolute Gasteiger partial charge is 0.326 e. The van der Waals surface area contributed by atoms with Gasteiger partial charge in [-0.3, -0.25) is 9.79 Å². The molecule has 1 aromatic rings. The summed E-state index contributed by atoms with van der Waals surface area (Å²) in [4.78, 5) is 28.7. The van der Waals surface area contributed by atoms with Crippen molar-refractivity contribution in [2.45, 2.75) is 45.6 Å². The standard InChI is InChI=1S/C26H27N3O2/c1-4-29-24-15-21-13-18(2)16-26(17-21,23(24)10-11-25(29)31)27-12-6-8-20-7-5-9-22(14-20)28-19(3)30/h4-14,21H,15-17H2,1-3H3/p+1/t21-,26+/m1/s1. The summed E-state index contributed by atoms with van der Waals surface area (Å²) in [5.74, 6) is 0.320. The van der Waals surface area contributed by atoms with Crippen LogP contribution in [0.5, 0.6) is 0 Å². The van der Waals surface area contributed by atoms with Gasteiger partial charge in [-0.2, -0.15) is 0 Å². The molecule has 2 amide bonds. The zero-order valence-electron chi connectivity index (χ0n) is 18.3. The van der Waals surface area contributed by atoms with Crippen LogP contribution in [-0.4, -0.2) is 34.4 Å². The van der Waals surface area contributed by atoms with E-state index in [2.05, 4.69) is 18.3 Å². The largest absolute Gasteiger partial charge is 0.417 e. The van der Waals surface area contributed by atoms with Crippen LogP contribution in [0.15, 0.2) is 70.4 Å².